The number of hydrogen-bond donors (Lipinski definition) is 2. The fraction of sp³-hybridized carbons (Fsp3) is 0.154. The number of amides is 2. The number of thiazole rings is 1. The largest absolute Gasteiger partial charge is 0.457 e. The van der Waals surface area contributed by atoms with Gasteiger partial charge >= 0.3 is 0 Å². The molecule has 0 radical (unpaired) electrons. The molecule has 0 unspecified atom stereocenters. The zero-order valence-electron chi connectivity index (χ0n) is 19.1. The predicted octanol–water partition coefficient (Wildman–Crippen LogP) is 4.89. The summed E-state index contributed by atoms with van der Waals surface area (Å²) < 4.78 is 10.9. The van der Waals surface area contributed by atoms with Gasteiger partial charge in [-0.3, -0.25) is 19.9 Å². The van der Waals surface area contributed by atoms with Crippen LogP contribution in [0.2, 0.25) is 0 Å². The molecule has 0 spiro atoms. The molecular weight excluding hydrogens is 464 g/mol. The quantitative estimate of drug-likeness (QED) is 0.361. The number of methoxy groups -OCH3 is 1. The molecule has 0 aliphatic carbocycles. The van der Waals surface area contributed by atoms with E-state index < -0.39 is 5.91 Å². The molecule has 0 atom stereocenters. The van der Waals surface area contributed by atoms with Gasteiger partial charge in [-0.1, -0.05) is 12.8 Å². The van der Waals surface area contributed by atoms with Crippen molar-refractivity contribution in [1.82, 2.24) is 9.97 Å². The van der Waals surface area contributed by atoms with Crippen molar-refractivity contribution in [1.29, 1.82) is 0 Å². The normalized spacial score (nSPS) is 10.3. The lowest BCUT2D eigenvalue weighted by molar-refractivity contribution is -0.111. The van der Waals surface area contributed by atoms with Crippen LogP contribution in [0.1, 0.15) is 22.2 Å². The molecule has 0 aliphatic heterocycles. The van der Waals surface area contributed by atoms with Crippen LogP contribution in [-0.4, -0.2) is 35.5 Å². The Morgan fingerprint density at radius 3 is 2.63 bits per heavy atom. The van der Waals surface area contributed by atoms with Crippen LogP contribution < -0.4 is 15.4 Å². The molecule has 2 aromatic carbocycles. The number of nitrogens with zero attached hydrogens (tertiary/aromatic N) is 2. The summed E-state index contributed by atoms with van der Waals surface area (Å²) in [6, 6.07) is 13.9. The lowest BCUT2D eigenvalue weighted by atomic mass is 10.1. The number of nitrogens with one attached hydrogen (secondary N) is 2. The molecule has 2 aromatic heterocycles. The lowest BCUT2D eigenvalue weighted by Gasteiger charge is -2.10. The molecule has 8 nitrogen and oxygen atoms in total. The van der Waals surface area contributed by atoms with E-state index in [0.29, 0.717) is 38.8 Å². The Labute approximate surface area is 206 Å². The fourth-order valence-corrected chi connectivity index (χ4v) is 3.89. The van der Waals surface area contributed by atoms with Crippen LogP contribution >= 0.6 is 11.3 Å². The number of benzene rings is 2. The first-order valence-corrected chi connectivity index (χ1v) is 11.6. The Morgan fingerprint density at radius 1 is 1.06 bits per heavy atom. The van der Waals surface area contributed by atoms with Crippen LogP contribution in [0.25, 0.3) is 10.9 Å². The van der Waals surface area contributed by atoms with Crippen molar-refractivity contribution in [2.45, 2.75) is 13.3 Å². The summed E-state index contributed by atoms with van der Waals surface area (Å²) in [4.78, 5) is 34.2. The minimum atomic E-state index is -0.440. The Kier molecular flexibility index (Phi) is 7.67. The Hall–Kier alpha value is -4.26. The number of fused-ring (bicyclic) bond motifs is 1. The first kappa shape index (κ1) is 23.9. The molecule has 176 valence electrons. The van der Waals surface area contributed by atoms with Crippen molar-refractivity contribution in [3.63, 3.8) is 0 Å². The highest BCUT2D eigenvalue weighted by Gasteiger charge is 2.11. The highest BCUT2D eigenvalue weighted by atomic mass is 32.1. The molecule has 4 rings (SSSR count). The van der Waals surface area contributed by atoms with Gasteiger partial charge in [-0.2, -0.15) is 0 Å². The SMILES string of the molecule is CCc1cnc(NC(=O)c2ccc(Oc3ccnc4ccc(NC(=O)C#CCOC)cc34)cc2)s1. The number of aryl methyl sites for hydroxylation is 1. The summed E-state index contributed by atoms with van der Waals surface area (Å²) in [5.41, 5.74) is 1.76. The van der Waals surface area contributed by atoms with Crippen molar-refractivity contribution in [3.8, 4) is 23.3 Å². The molecule has 2 heterocycles. The van der Waals surface area contributed by atoms with Gasteiger partial charge < -0.3 is 14.8 Å². The predicted molar refractivity (Wildman–Crippen MR) is 136 cm³/mol. The van der Waals surface area contributed by atoms with E-state index in [2.05, 4.69) is 32.4 Å². The number of pyridine rings is 1. The first-order chi connectivity index (χ1) is 17.1. The Bertz CT molecular complexity index is 1420. The van der Waals surface area contributed by atoms with Gasteiger partial charge in [0, 0.05) is 41.0 Å². The summed E-state index contributed by atoms with van der Waals surface area (Å²) in [5, 5.41) is 6.83. The molecule has 0 aliphatic rings. The van der Waals surface area contributed by atoms with Gasteiger partial charge in [-0.25, -0.2) is 4.98 Å². The van der Waals surface area contributed by atoms with E-state index in [-0.39, 0.29) is 12.5 Å². The average molecular weight is 487 g/mol. The maximum absolute atomic E-state index is 12.5. The van der Waals surface area contributed by atoms with E-state index in [0.717, 1.165) is 11.3 Å². The van der Waals surface area contributed by atoms with Crippen LogP contribution in [0.15, 0.2) is 60.9 Å². The first-order valence-electron chi connectivity index (χ1n) is 10.8. The number of aromatic nitrogens is 2. The van der Waals surface area contributed by atoms with Crippen molar-refractivity contribution >= 4 is 44.9 Å². The van der Waals surface area contributed by atoms with Crippen LogP contribution in [0.4, 0.5) is 10.8 Å². The molecule has 4 aromatic rings. The second-order valence-electron chi connectivity index (χ2n) is 7.30. The molecule has 0 saturated heterocycles. The number of hydrogen-bond acceptors (Lipinski definition) is 7. The third kappa shape index (κ3) is 6.20. The van der Waals surface area contributed by atoms with E-state index in [1.165, 1.54) is 18.4 Å². The molecule has 2 amide bonds. The molecule has 0 fully saturated rings. The van der Waals surface area contributed by atoms with E-state index in [1.54, 1.807) is 60.9 Å². The Balaban J connectivity index is 1.48. The maximum Gasteiger partial charge on any atom is 0.300 e. The molecule has 9 heteroatoms. The summed E-state index contributed by atoms with van der Waals surface area (Å²) in [6.45, 7) is 2.22. The van der Waals surface area contributed by atoms with E-state index >= 15 is 0 Å². The van der Waals surface area contributed by atoms with Gasteiger partial charge in [0.25, 0.3) is 11.8 Å². The lowest BCUT2D eigenvalue weighted by Crippen LogP contribution is -2.11. The molecule has 0 bridgehead atoms. The van der Waals surface area contributed by atoms with Crippen molar-refractivity contribution in [2.75, 3.05) is 24.4 Å². The summed E-state index contributed by atoms with van der Waals surface area (Å²) in [5.74, 6) is 5.51. The van der Waals surface area contributed by atoms with Gasteiger partial charge in [-0.05, 0) is 60.9 Å². The minimum Gasteiger partial charge on any atom is -0.457 e. The van der Waals surface area contributed by atoms with Crippen LogP contribution in [0.5, 0.6) is 11.5 Å². The highest BCUT2D eigenvalue weighted by Crippen LogP contribution is 2.31. The zero-order chi connectivity index (χ0) is 24.6. The van der Waals surface area contributed by atoms with Gasteiger partial charge in [0.15, 0.2) is 5.13 Å². The summed E-state index contributed by atoms with van der Waals surface area (Å²) in [6.07, 6.45) is 4.29. The highest BCUT2D eigenvalue weighted by molar-refractivity contribution is 7.15. The molecular formula is C26H22N4O4S. The number of rotatable bonds is 7. The van der Waals surface area contributed by atoms with Gasteiger partial charge in [-0.15, -0.1) is 11.3 Å². The number of carbonyl (C=O) groups is 2. The van der Waals surface area contributed by atoms with Crippen molar-refractivity contribution < 1.29 is 19.1 Å². The second kappa shape index (κ2) is 11.2. The number of carbonyl (C=O) groups excluding carboxylic acids is 2. The minimum absolute atomic E-state index is 0.179. The standard InChI is InChI=1S/C26H22N4O4S/c1-3-20-16-28-26(35-20)30-25(32)17-6-9-19(10-7-17)34-23-12-13-27-22-11-8-18(15-21(22)23)29-24(31)5-4-14-33-2/h6-13,15-16H,3,14H2,1-2H3,(H,29,31)(H,28,30,32). The van der Waals surface area contributed by atoms with E-state index in [1.807, 2.05) is 6.92 Å². The topological polar surface area (TPSA) is 102 Å². The summed E-state index contributed by atoms with van der Waals surface area (Å²) >= 11 is 1.46. The zero-order valence-corrected chi connectivity index (χ0v) is 19.9. The van der Waals surface area contributed by atoms with Gasteiger partial charge in [0.2, 0.25) is 0 Å². The van der Waals surface area contributed by atoms with Crippen LogP contribution in [0.3, 0.4) is 0 Å². The number of anilines is 2. The van der Waals surface area contributed by atoms with Gasteiger partial charge in [0.1, 0.15) is 18.1 Å². The van der Waals surface area contributed by atoms with Crippen molar-refractivity contribution in [2.24, 2.45) is 0 Å². The monoisotopic (exact) mass is 486 g/mol. The third-order valence-corrected chi connectivity index (χ3v) is 5.90. The second-order valence-corrected chi connectivity index (χ2v) is 8.41. The van der Waals surface area contributed by atoms with Crippen LogP contribution in [0, 0.1) is 11.8 Å². The Morgan fingerprint density at radius 2 is 1.89 bits per heavy atom. The fourth-order valence-electron chi connectivity index (χ4n) is 3.14. The van der Waals surface area contributed by atoms with Crippen molar-refractivity contribution in [3.05, 3.63) is 71.4 Å². The smallest absolute Gasteiger partial charge is 0.300 e. The maximum atomic E-state index is 12.5. The average Bonchev–Trinajstić information content (AvgIpc) is 3.32. The van der Waals surface area contributed by atoms with Crippen LogP contribution in [-0.2, 0) is 16.0 Å². The molecule has 2 N–H and O–H groups in total. The summed E-state index contributed by atoms with van der Waals surface area (Å²) in [7, 11) is 1.51. The van der Waals surface area contributed by atoms with E-state index in [4.69, 9.17) is 9.47 Å². The van der Waals surface area contributed by atoms with Gasteiger partial charge in [0.05, 0.1) is 5.52 Å². The molecule has 0 saturated carbocycles. The third-order valence-electron chi connectivity index (χ3n) is 4.84. The van der Waals surface area contributed by atoms with E-state index in [9.17, 15) is 9.59 Å². The molecule has 35 heavy (non-hydrogen) atoms. The number of ether oxygens (including phenoxy) is 2.